The van der Waals surface area contributed by atoms with Crippen molar-refractivity contribution in [3.63, 3.8) is 0 Å². The Morgan fingerprint density at radius 2 is 1.38 bits per heavy atom. The molecule has 0 aromatic rings. The lowest BCUT2D eigenvalue weighted by Gasteiger charge is -2.00. The van der Waals surface area contributed by atoms with E-state index in [1.165, 1.54) is 57.8 Å². The third-order valence-electron chi connectivity index (χ3n) is 3.46. The van der Waals surface area contributed by atoms with Crippen LogP contribution < -0.4 is 0 Å². The molecule has 0 radical (unpaired) electrons. The van der Waals surface area contributed by atoms with Crippen LogP contribution in [0.3, 0.4) is 0 Å². The van der Waals surface area contributed by atoms with Crippen molar-refractivity contribution < 1.29 is 9.84 Å². The summed E-state index contributed by atoms with van der Waals surface area (Å²) in [6.45, 7) is 2.47. The Morgan fingerprint density at radius 1 is 0.812 bits per heavy atom. The van der Waals surface area contributed by atoms with Crippen molar-refractivity contribution >= 4 is 0 Å². The van der Waals surface area contributed by atoms with Crippen molar-refractivity contribution in [1.29, 1.82) is 0 Å². The van der Waals surface area contributed by atoms with E-state index >= 15 is 0 Å². The fourth-order valence-electron chi connectivity index (χ4n) is 2.25. The van der Waals surface area contributed by atoms with Crippen LogP contribution in [0, 0.1) is 0 Å². The van der Waals surface area contributed by atoms with Crippen LogP contribution >= 0.6 is 0 Å². The third kappa shape index (κ3) is 6.49. The van der Waals surface area contributed by atoms with Crippen LogP contribution in [0.25, 0.3) is 0 Å². The van der Waals surface area contributed by atoms with Gasteiger partial charge in [-0.3, -0.25) is 0 Å². The second-order valence-electron chi connectivity index (χ2n) is 5.01. The van der Waals surface area contributed by atoms with E-state index in [1.54, 1.807) is 0 Å². The topological polar surface area (TPSA) is 32.8 Å². The molecule has 1 aliphatic heterocycles. The Morgan fingerprint density at radius 3 is 1.88 bits per heavy atom. The van der Waals surface area contributed by atoms with Crippen molar-refractivity contribution in [2.24, 2.45) is 0 Å². The second-order valence-corrected chi connectivity index (χ2v) is 5.01. The number of epoxide rings is 1. The predicted molar refractivity (Wildman–Crippen MR) is 67.6 cm³/mol. The molecule has 0 amide bonds. The molecule has 1 unspecified atom stereocenters. The molecule has 0 aliphatic carbocycles. The first-order valence-corrected chi connectivity index (χ1v) is 7.14. The molecule has 2 nitrogen and oxygen atoms in total. The van der Waals surface area contributed by atoms with E-state index in [4.69, 9.17) is 9.84 Å². The zero-order valence-electron chi connectivity index (χ0n) is 10.8. The van der Waals surface area contributed by atoms with Crippen molar-refractivity contribution in [2.45, 2.75) is 83.3 Å². The molecule has 1 heterocycles. The zero-order chi connectivity index (χ0) is 11.6. The molecule has 0 aromatic carbocycles. The molecule has 0 aromatic heterocycles. The molecule has 96 valence electrons. The largest absolute Gasteiger partial charge is 0.394 e. The van der Waals surface area contributed by atoms with Crippen LogP contribution in [0.1, 0.15) is 71.1 Å². The number of aliphatic hydroxyl groups excluding tert-OH is 1. The molecule has 2 heteroatoms. The van der Waals surface area contributed by atoms with E-state index < -0.39 is 0 Å². The third-order valence-corrected chi connectivity index (χ3v) is 3.46. The molecule has 0 saturated carbocycles. The molecule has 0 spiro atoms. The van der Waals surface area contributed by atoms with Gasteiger partial charge in [-0.2, -0.15) is 0 Å². The highest BCUT2D eigenvalue weighted by Gasteiger charge is 2.36. The number of ether oxygens (including phenoxy) is 1. The summed E-state index contributed by atoms with van der Waals surface area (Å²) in [5.74, 6) is 0. The number of hydrogen-bond donors (Lipinski definition) is 1. The molecule has 1 N–H and O–H groups in total. The first kappa shape index (κ1) is 14.0. The molecular formula is C14H28O2. The minimum absolute atomic E-state index is 0.175. The quantitative estimate of drug-likeness (QED) is 0.432. The summed E-state index contributed by atoms with van der Waals surface area (Å²) in [7, 11) is 0. The molecule has 1 rings (SSSR count). The second kappa shape index (κ2) is 9.00. The Hall–Kier alpha value is -0.0800. The summed E-state index contributed by atoms with van der Waals surface area (Å²) in [5, 5.41) is 8.79. The van der Waals surface area contributed by atoms with Gasteiger partial charge in [0.2, 0.25) is 0 Å². The van der Waals surface area contributed by atoms with Crippen LogP contribution in [0.15, 0.2) is 0 Å². The highest BCUT2D eigenvalue weighted by atomic mass is 16.6. The lowest BCUT2D eigenvalue weighted by molar-refractivity contribution is 0.241. The van der Waals surface area contributed by atoms with Crippen molar-refractivity contribution in [1.82, 2.24) is 0 Å². The number of hydrogen-bond acceptors (Lipinski definition) is 2. The van der Waals surface area contributed by atoms with Crippen LogP contribution in [-0.2, 0) is 4.74 Å². The molecule has 1 fully saturated rings. The lowest BCUT2D eigenvalue weighted by atomic mass is 10.1. The maximum absolute atomic E-state index is 8.79. The predicted octanol–water partition coefficient (Wildman–Crippen LogP) is 3.67. The molecule has 0 bridgehead atoms. The molecule has 2 atom stereocenters. The van der Waals surface area contributed by atoms with E-state index in [1.807, 2.05) is 0 Å². The SMILES string of the molecule is CCCCCCCCCCCC1O[C@@H]1CO. The highest BCUT2D eigenvalue weighted by Crippen LogP contribution is 2.26. The van der Waals surface area contributed by atoms with Gasteiger partial charge in [-0.25, -0.2) is 0 Å². The van der Waals surface area contributed by atoms with E-state index in [0.717, 1.165) is 6.42 Å². The van der Waals surface area contributed by atoms with Gasteiger partial charge < -0.3 is 9.84 Å². The van der Waals surface area contributed by atoms with Gasteiger partial charge in [-0.1, -0.05) is 64.7 Å². The summed E-state index contributed by atoms with van der Waals surface area (Å²) in [5.41, 5.74) is 0. The minimum Gasteiger partial charge on any atom is -0.394 e. The smallest absolute Gasteiger partial charge is 0.107 e. The maximum Gasteiger partial charge on any atom is 0.107 e. The maximum atomic E-state index is 8.79. The van der Waals surface area contributed by atoms with Crippen molar-refractivity contribution in [2.75, 3.05) is 6.61 Å². The van der Waals surface area contributed by atoms with Gasteiger partial charge in [0.1, 0.15) is 6.10 Å². The fraction of sp³-hybridized carbons (Fsp3) is 1.00. The molecule has 16 heavy (non-hydrogen) atoms. The van der Waals surface area contributed by atoms with Gasteiger partial charge >= 0.3 is 0 Å². The molecule has 1 saturated heterocycles. The van der Waals surface area contributed by atoms with Crippen LogP contribution in [-0.4, -0.2) is 23.9 Å². The Kier molecular flexibility index (Phi) is 7.87. The van der Waals surface area contributed by atoms with Gasteiger partial charge in [-0.05, 0) is 6.42 Å². The van der Waals surface area contributed by atoms with E-state index in [2.05, 4.69) is 6.92 Å². The standard InChI is InChI=1S/C14H28O2/c1-2-3-4-5-6-7-8-9-10-11-13-14(12-15)16-13/h13-15H,2-12H2,1H3/t13?,14-/m1/s1. The number of unbranched alkanes of at least 4 members (excludes halogenated alkanes) is 8. The first-order chi connectivity index (χ1) is 7.88. The normalized spacial score (nSPS) is 23.6. The van der Waals surface area contributed by atoms with Gasteiger partial charge in [-0.15, -0.1) is 0 Å². The zero-order valence-corrected chi connectivity index (χ0v) is 10.8. The van der Waals surface area contributed by atoms with Crippen molar-refractivity contribution in [3.05, 3.63) is 0 Å². The average Bonchev–Trinajstić information content (AvgIpc) is 3.05. The number of rotatable bonds is 11. The van der Waals surface area contributed by atoms with E-state index in [9.17, 15) is 0 Å². The highest BCUT2D eigenvalue weighted by molar-refractivity contribution is 4.83. The molecule has 1 aliphatic rings. The van der Waals surface area contributed by atoms with E-state index in [0.29, 0.717) is 6.10 Å². The van der Waals surface area contributed by atoms with Gasteiger partial charge in [0.05, 0.1) is 12.7 Å². The summed E-state index contributed by atoms with van der Waals surface area (Å²) in [4.78, 5) is 0. The molecular weight excluding hydrogens is 200 g/mol. The van der Waals surface area contributed by atoms with E-state index in [-0.39, 0.29) is 12.7 Å². The summed E-state index contributed by atoms with van der Waals surface area (Å²) >= 11 is 0. The Balaban J connectivity index is 1.69. The van der Waals surface area contributed by atoms with Gasteiger partial charge in [0, 0.05) is 0 Å². The number of aliphatic hydroxyl groups is 1. The van der Waals surface area contributed by atoms with Crippen LogP contribution in [0.5, 0.6) is 0 Å². The average molecular weight is 228 g/mol. The minimum atomic E-state index is 0.175. The Labute approximate surface area is 100 Å². The van der Waals surface area contributed by atoms with Crippen molar-refractivity contribution in [3.8, 4) is 0 Å². The van der Waals surface area contributed by atoms with Crippen LogP contribution in [0.2, 0.25) is 0 Å². The van der Waals surface area contributed by atoms with Crippen LogP contribution in [0.4, 0.5) is 0 Å². The summed E-state index contributed by atoms with van der Waals surface area (Å²) < 4.78 is 5.29. The first-order valence-electron chi connectivity index (χ1n) is 7.14. The monoisotopic (exact) mass is 228 g/mol. The Bertz CT molecular complexity index is 159. The van der Waals surface area contributed by atoms with Gasteiger partial charge in [0.25, 0.3) is 0 Å². The van der Waals surface area contributed by atoms with Gasteiger partial charge in [0.15, 0.2) is 0 Å². The summed E-state index contributed by atoms with van der Waals surface area (Å²) in [6, 6.07) is 0. The lowest BCUT2D eigenvalue weighted by Crippen LogP contribution is -1.98. The summed E-state index contributed by atoms with van der Waals surface area (Å²) in [6.07, 6.45) is 14.1. The fourth-order valence-corrected chi connectivity index (χ4v) is 2.25.